The Bertz CT molecular complexity index is 154. The van der Waals surface area contributed by atoms with E-state index in [9.17, 15) is 9.59 Å². The molecule has 0 aromatic carbocycles. The van der Waals surface area contributed by atoms with Crippen LogP contribution < -0.4 is 0 Å². The van der Waals surface area contributed by atoms with Gasteiger partial charge in [-0.1, -0.05) is 0 Å². The van der Waals surface area contributed by atoms with E-state index in [1.165, 1.54) is 0 Å². The van der Waals surface area contributed by atoms with Crippen LogP contribution in [0.3, 0.4) is 0 Å². The second-order valence-corrected chi connectivity index (χ2v) is 3.11. The van der Waals surface area contributed by atoms with Gasteiger partial charge in [0.15, 0.2) is 0 Å². The van der Waals surface area contributed by atoms with Crippen LogP contribution in [0.1, 0.15) is 6.42 Å². The number of ether oxygens (including phenoxy) is 1. The molecule has 1 fully saturated rings. The van der Waals surface area contributed by atoms with E-state index in [1.807, 2.05) is 6.66 Å². The van der Waals surface area contributed by atoms with Crippen molar-refractivity contribution in [2.45, 2.75) is 12.1 Å². The van der Waals surface area contributed by atoms with Crippen LogP contribution in [0.15, 0.2) is 0 Å². The molecule has 0 aromatic heterocycles. The van der Waals surface area contributed by atoms with Gasteiger partial charge in [0.2, 0.25) is 0 Å². The Balaban J connectivity index is 2.58. The fourth-order valence-electron chi connectivity index (χ4n) is 0.695. The number of carbonyl (C=O) groups excluding carboxylic acids is 2. The van der Waals surface area contributed by atoms with E-state index < -0.39 is 0 Å². The SMILES string of the molecule is CPC1CC(=O)OC1=O. The molecule has 1 heterocycles. The summed E-state index contributed by atoms with van der Waals surface area (Å²) in [6, 6.07) is 0. The van der Waals surface area contributed by atoms with Crippen molar-refractivity contribution in [3.63, 3.8) is 0 Å². The molecule has 2 unspecified atom stereocenters. The van der Waals surface area contributed by atoms with Gasteiger partial charge in [0.25, 0.3) is 0 Å². The zero-order chi connectivity index (χ0) is 6.85. The molecule has 1 aliphatic rings. The largest absolute Gasteiger partial charge is 0.393 e. The van der Waals surface area contributed by atoms with Gasteiger partial charge in [-0.25, -0.2) is 0 Å². The zero-order valence-corrected chi connectivity index (χ0v) is 6.01. The molecule has 1 saturated heterocycles. The highest BCUT2D eigenvalue weighted by Crippen LogP contribution is 2.24. The van der Waals surface area contributed by atoms with Crippen molar-refractivity contribution in [2.24, 2.45) is 0 Å². The van der Waals surface area contributed by atoms with Crippen LogP contribution in [-0.4, -0.2) is 24.3 Å². The van der Waals surface area contributed by atoms with Crippen molar-refractivity contribution in [1.82, 2.24) is 0 Å². The normalized spacial score (nSPS) is 27.9. The van der Waals surface area contributed by atoms with Gasteiger partial charge in [-0.2, -0.15) is 0 Å². The summed E-state index contributed by atoms with van der Waals surface area (Å²) in [5.74, 6) is -0.722. The van der Waals surface area contributed by atoms with Gasteiger partial charge in [-0.3, -0.25) is 9.59 Å². The number of hydrogen-bond donors (Lipinski definition) is 0. The van der Waals surface area contributed by atoms with E-state index in [4.69, 9.17) is 0 Å². The standard InChI is InChI=1S/C5H7O3P/c1-9-3-2-4(6)8-5(3)7/h3,9H,2H2,1H3. The molecule has 0 radical (unpaired) electrons. The maximum atomic E-state index is 10.6. The Hall–Kier alpha value is -0.430. The molecule has 1 rings (SSSR count). The minimum Gasteiger partial charge on any atom is -0.393 e. The highest BCUT2D eigenvalue weighted by Gasteiger charge is 2.31. The Morgan fingerprint density at radius 3 is 2.56 bits per heavy atom. The monoisotopic (exact) mass is 146 g/mol. The molecule has 1 aliphatic heterocycles. The summed E-state index contributed by atoms with van der Waals surface area (Å²) in [4.78, 5) is 21.0. The lowest BCUT2D eigenvalue weighted by Crippen LogP contribution is -2.06. The van der Waals surface area contributed by atoms with Crippen LogP contribution in [0.4, 0.5) is 0 Å². The predicted octanol–water partition coefficient (Wildman–Crippen LogP) is 0.137. The molecule has 4 heteroatoms. The lowest BCUT2D eigenvalue weighted by molar-refractivity contribution is -0.151. The van der Waals surface area contributed by atoms with Gasteiger partial charge in [-0.15, -0.1) is 8.58 Å². The molecule has 0 saturated carbocycles. The maximum Gasteiger partial charge on any atom is 0.321 e. The Morgan fingerprint density at radius 2 is 2.33 bits per heavy atom. The molecule has 2 atom stereocenters. The van der Waals surface area contributed by atoms with Crippen LogP contribution in [0.5, 0.6) is 0 Å². The van der Waals surface area contributed by atoms with Crippen molar-refractivity contribution in [3.05, 3.63) is 0 Å². The van der Waals surface area contributed by atoms with Crippen molar-refractivity contribution >= 4 is 20.5 Å². The lowest BCUT2D eigenvalue weighted by Gasteiger charge is -1.94. The van der Waals surface area contributed by atoms with E-state index in [0.29, 0.717) is 8.58 Å². The van der Waals surface area contributed by atoms with Crippen LogP contribution in [0, 0.1) is 0 Å². The van der Waals surface area contributed by atoms with Gasteiger partial charge in [0.05, 0.1) is 12.1 Å². The predicted molar refractivity (Wildman–Crippen MR) is 33.7 cm³/mol. The summed E-state index contributed by atoms with van der Waals surface area (Å²) in [5.41, 5.74) is -0.141. The van der Waals surface area contributed by atoms with Crippen LogP contribution in [-0.2, 0) is 14.3 Å². The molecular weight excluding hydrogens is 139 g/mol. The number of esters is 2. The van der Waals surface area contributed by atoms with E-state index in [-0.39, 0.29) is 24.0 Å². The smallest absolute Gasteiger partial charge is 0.321 e. The quantitative estimate of drug-likeness (QED) is 0.300. The van der Waals surface area contributed by atoms with Gasteiger partial charge < -0.3 is 4.74 Å². The minimum atomic E-state index is -0.376. The average Bonchev–Trinajstić information content (AvgIpc) is 2.10. The van der Waals surface area contributed by atoms with Crippen molar-refractivity contribution in [2.75, 3.05) is 6.66 Å². The highest BCUT2D eigenvalue weighted by atomic mass is 31.1. The first-order chi connectivity index (χ1) is 4.24. The number of hydrogen-bond acceptors (Lipinski definition) is 3. The van der Waals surface area contributed by atoms with Gasteiger partial charge in [0, 0.05) is 0 Å². The molecule has 0 N–H and O–H groups in total. The van der Waals surface area contributed by atoms with E-state index in [1.54, 1.807) is 0 Å². The Morgan fingerprint density at radius 1 is 1.67 bits per heavy atom. The van der Waals surface area contributed by atoms with Crippen LogP contribution in [0.25, 0.3) is 0 Å². The first kappa shape index (κ1) is 6.69. The van der Waals surface area contributed by atoms with Crippen molar-refractivity contribution in [1.29, 1.82) is 0 Å². The first-order valence-electron chi connectivity index (χ1n) is 2.66. The maximum absolute atomic E-state index is 10.6. The van der Waals surface area contributed by atoms with Crippen molar-refractivity contribution in [3.8, 4) is 0 Å². The highest BCUT2D eigenvalue weighted by molar-refractivity contribution is 7.39. The number of cyclic esters (lactones) is 2. The second-order valence-electron chi connectivity index (χ2n) is 1.84. The molecule has 50 valence electrons. The van der Waals surface area contributed by atoms with Crippen LogP contribution >= 0.6 is 8.58 Å². The average molecular weight is 146 g/mol. The first-order valence-corrected chi connectivity index (χ1v) is 4.23. The molecule has 0 bridgehead atoms. The number of carbonyl (C=O) groups is 2. The third kappa shape index (κ3) is 1.28. The van der Waals surface area contributed by atoms with E-state index in [0.717, 1.165) is 0 Å². The fraction of sp³-hybridized carbons (Fsp3) is 0.600. The van der Waals surface area contributed by atoms with E-state index in [2.05, 4.69) is 4.74 Å². The van der Waals surface area contributed by atoms with Crippen LogP contribution in [0.2, 0.25) is 0 Å². The lowest BCUT2D eigenvalue weighted by atomic mass is 10.4. The van der Waals surface area contributed by atoms with E-state index >= 15 is 0 Å². The summed E-state index contributed by atoms with van der Waals surface area (Å²) in [5, 5.41) is 0. The summed E-state index contributed by atoms with van der Waals surface area (Å²) in [7, 11) is 0.482. The van der Waals surface area contributed by atoms with Gasteiger partial charge >= 0.3 is 11.9 Å². The molecule has 0 aliphatic carbocycles. The minimum absolute atomic E-state index is 0.141. The molecule has 0 amide bonds. The molecule has 0 aromatic rings. The van der Waals surface area contributed by atoms with Crippen molar-refractivity contribution < 1.29 is 14.3 Å². The summed E-state index contributed by atoms with van der Waals surface area (Å²) < 4.78 is 4.29. The summed E-state index contributed by atoms with van der Waals surface area (Å²) in [6.07, 6.45) is 0.285. The molecule has 0 spiro atoms. The Labute approximate surface area is 54.5 Å². The Kier molecular flexibility index (Phi) is 1.81. The summed E-state index contributed by atoms with van der Waals surface area (Å²) >= 11 is 0. The number of rotatable bonds is 1. The van der Waals surface area contributed by atoms with Gasteiger partial charge in [0.1, 0.15) is 0 Å². The third-order valence-corrected chi connectivity index (χ3v) is 2.35. The second kappa shape index (κ2) is 2.44. The molecule has 3 nitrogen and oxygen atoms in total. The van der Waals surface area contributed by atoms with Gasteiger partial charge in [-0.05, 0) is 6.66 Å². The summed E-state index contributed by atoms with van der Waals surface area (Å²) in [6.45, 7) is 1.89. The third-order valence-electron chi connectivity index (χ3n) is 1.22. The molecular formula is C5H7O3P. The topological polar surface area (TPSA) is 43.4 Å². The zero-order valence-electron chi connectivity index (χ0n) is 5.01. The fourth-order valence-corrected chi connectivity index (χ4v) is 1.36. The molecule has 9 heavy (non-hydrogen) atoms.